The molecule has 1 aromatic heterocycles. The van der Waals surface area contributed by atoms with Gasteiger partial charge in [-0.15, -0.1) is 11.3 Å². The van der Waals surface area contributed by atoms with Crippen molar-refractivity contribution in [2.24, 2.45) is 5.92 Å². The minimum absolute atomic E-state index is 0.0808. The molecular formula is C9H9ClN2O2S. The quantitative estimate of drug-likeness (QED) is 0.776. The van der Waals surface area contributed by atoms with Gasteiger partial charge in [-0.05, 0) is 25.0 Å². The Morgan fingerprint density at radius 2 is 2.07 bits per heavy atom. The number of nitrogens with one attached hydrogen (secondary N) is 2. The van der Waals surface area contributed by atoms with E-state index in [1.54, 1.807) is 12.1 Å². The van der Waals surface area contributed by atoms with Gasteiger partial charge in [-0.25, -0.2) is 0 Å². The Balaban J connectivity index is 1.84. The van der Waals surface area contributed by atoms with Crippen LogP contribution in [0.2, 0.25) is 4.34 Å². The fourth-order valence-electron chi connectivity index (χ4n) is 1.06. The number of hydrazine groups is 1. The number of carbonyl (C=O) groups excluding carboxylic acids is 2. The highest BCUT2D eigenvalue weighted by atomic mass is 35.5. The molecule has 2 rings (SSSR count). The molecule has 2 N–H and O–H groups in total. The molecule has 0 bridgehead atoms. The molecule has 0 saturated heterocycles. The topological polar surface area (TPSA) is 58.2 Å². The van der Waals surface area contributed by atoms with E-state index in [1.807, 2.05) is 0 Å². The van der Waals surface area contributed by atoms with Gasteiger partial charge in [0.2, 0.25) is 5.91 Å². The van der Waals surface area contributed by atoms with Gasteiger partial charge >= 0.3 is 0 Å². The monoisotopic (exact) mass is 244 g/mol. The SMILES string of the molecule is O=C(NNC(=O)C1CC1)c1ccc(Cl)s1. The van der Waals surface area contributed by atoms with Gasteiger partial charge in [0, 0.05) is 5.92 Å². The number of hydrogen-bond acceptors (Lipinski definition) is 3. The summed E-state index contributed by atoms with van der Waals surface area (Å²) in [4.78, 5) is 23.1. The van der Waals surface area contributed by atoms with Crippen molar-refractivity contribution >= 4 is 34.8 Å². The summed E-state index contributed by atoms with van der Waals surface area (Å²) in [5.41, 5.74) is 4.72. The molecule has 1 saturated carbocycles. The van der Waals surface area contributed by atoms with Gasteiger partial charge in [-0.3, -0.25) is 20.4 Å². The molecule has 0 atom stereocenters. The van der Waals surface area contributed by atoms with Crippen LogP contribution in [0.4, 0.5) is 0 Å². The molecule has 1 fully saturated rings. The molecule has 1 heterocycles. The van der Waals surface area contributed by atoms with Crippen LogP contribution < -0.4 is 10.9 Å². The summed E-state index contributed by atoms with van der Waals surface area (Å²) < 4.78 is 0.550. The average Bonchev–Trinajstić information content (AvgIpc) is 2.97. The Labute approximate surface area is 95.6 Å². The first-order valence-corrected chi connectivity index (χ1v) is 5.72. The molecule has 0 aromatic carbocycles. The standard InChI is InChI=1S/C9H9ClN2O2S/c10-7-4-3-6(15-7)9(14)12-11-8(13)5-1-2-5/h3-5H,1-2H2,(H,11,13)(H,12,14). The molecule has 1 aliphatic carbocycles. The predicted molar refractivity (Wildman–Crippen MR) is 57.7 cm³/mol. The van der Waals surface area contributed by atoms with E-state index in [2.05, 4.69) is 10.9 Å². The molecule has 0 spiro atoms. The summed E-state index contributed by atoms with van der Waals surface area (Å²) in [5.74, 6) is -0.371. The van der Waals surface area contributed by atoms with Crippen molar-refractivity contribution < 1.29 is 9.59 Å². The van der Waals surface area contributed by atoms with Crippen LogP contribution in [-0.4, -0.2) is 11.8 Å². The lowest BCUT2D eigenvalue weighted by atomic mass is 10.4. The lowest BCUT2D eigenvalue weighted by molar-refractivity contribution is -0.123. The highest BCUT2D eigenvalue weighted by Crippen LogP contribution is 2.28. The number of thiophene rings is 1. The number of rotatable bonds is 2. The average molecular weight is 245 g/mol. The largest absolute Gasteiger partial charge is 0.279 e. The zero-order valence-corrected chi connectivity index (χ0v) is 9.32. The Hall–Kier alpha value is -1.07. The summed E-state index contributed by atoms with van der Waals surface area (Å²) in [6.07, 6.45) is 1.82. The maximum Gasteiger partial charge on any atom is 0.279 e. The molecule has 80 valence electrons. The van der Waals surface area contributed by atoms with Crippen molar-refractivity contribution in [1.29, 1.82) is 0 Å². The second kappa shape index (κ2) is 4.20. The molecule has 0 radical (unpaired) electrons. The predicted octanol–water partition coefficient (Wildman–Crippen LogP) is 1.57. The first kappa shape index (κ1) is 10.4. The van der Waals surface area contributed by atoms with Crippen LogP contribution in [-0.2, 0) is 4.79 Å². The fraction of sp³-hybridized carbons (Fsp3) is 0.333. The van der Waals surface area contributed by atoms with Crippen molar-refractivity contribution in [3.63, 3.8) is 0 Å². The number of hydrogen-bond donors (Lipinski definition) is 2. The van der Waals surface area contributed by atoms with Crippen molar-refractivity contribution in [2.75, 3.05) is 0 Å². The lowest BCUT2D eigenvalue weighted by Gasteiger charge is -2.04. The van der Waals surface area contributed by atoms with Gasteiger partial charge in [0.25, 0.3) is 5.91 Å². The van der Waals surface area contributed by atoms with Gasteiger partial charge in [0.05, 0.1) is 9.21 Å². The van der Waals surface area contributed by atoms with Crippen molar-refractivity contribution in [2.45, 2.75) is 12.8 Å². The second-order valence-electron chi connectivity index (χ2n) is 3.32. The molecule has 0 unspecified atom stereocenters. The third-order valence-electron chi connectivity index (χ3n) is 2.04. The minimum atomic E-state index is -0.332. The smallest absolute Gasteiger partial charge is 0.273 e. The van der Waals surface area contributed by atoms with E-state index in [0.717, 1.165) is 12.8 Å². The van der Waals surface area contributed by atoms with Crippen molar-refractivity contribution in [3.8, 4) is 0 Å². The third-order valence-corrected chi connectivity index (χ3v) is 3.27. The maximum atomic E-state index is 11.4. The number of carbonyl (C=O) groups is 2. The molecular weight excluding hydrogens is 236 g/mol. The first-order chi connectivity index (χ1) is 7.16. The van der Waals surface area contributed by atoms with Crippen molar-refractivity contribution in [1.82, 2.24) is 10.9 Å². The van der Waals surface area contributed by atoms with E-state index in [1.165, 1.54) is 11.3 Å². The van der Waals surface area contributed by atoms with Crippen LogP contribution >= 0.6 is 22.9 Å². The molecule has 1 aromatic rings. The Morgan fingerprint density at radius 3 is 2.60 bits per heavy atom. The molecule has 0 aliphatic heterocycles. The van der Waals surface area contributed by atoms with E-state index in [-0.39, 0.29) is 17.7 Å². The Morgan fingerprint density at radius 1 is 1.33 bits per heavy atom. The third kappa shape index (κ3) is 2.70. The summed E-state index contributed by atoms with van der Waals surface area (Å²) in [6, 6.07) is 3.26. The van der Waals surface area contributed by atoms with Gasteiger partial charge in [0.1, 0.15) is 0 Å². The first-order valence-electron chi connectivity index (χ1n) is 4.52. The number of amides is 2. The van der Waals surface area contributed by atoms with Gasteiger partial charge in [-0.1, -0.05) is 11.6 Å². The van der Waals surface area contributed by atoms with E-state index in [0.29, 0.717) is 9.21 Å². The van der Waals surface area contributed by atoms with Gasteiger partial charge in [0.15, 0.2) is 0 Å². The lowest BCUT2D eigenvalue weighted by Crippen LogP contribution is -2.42. The highest BCUT2D eigenvalue weighted by molar-refractivity contribution is 7.17. The van der Waals surface area contributed by atoms with Crippen molar-refractivity contribution in [3.05, 3.63) is 21.3 Å². The van der Waals surface area contributed by atoms with Gasteiger partial charge < -0.3 is 0 Å². The van der Waals surface area contributed by atoms with E-state index >= 15 is 0 Å². The molecule has 6 heteroatoms. The summed E-state index contributed by atoms with van der Waals surface area (Å²) in [7, 11) is 0. The molecule has 4 nitrogen and oxygen atoms in total. The maximum absolute atomic E-state index is 11.4. The molecule has 2 amide bonds. The molecule has 15 heavy (non-hydrogen) atoms. The summed E-state index contributed by atoms with van der Waals surface area (Å²) >= 11 is 6.85. The highest BCUT2D eigenvalue weighted by Gasteiger charge is 2.29. The van der Waals surface area contributed by atoms with E-state index < -0.39 is 0 Å². The van der Waals surface area contributed by atoms with Crippen LogP contribution in [0.5, 0.6) is 0 Å². The van der Waals surface area contributed by atoms with E-state index in [4.69, 9.17) is 11.6 Å². The zero-order valence-electron chi connectivity index (χ0n) is 7.75. The normalized spacial score (nSPS) is 14.7. The fourth-order valence-corrected chi connectivity index (χ4v) is 2.00. The van der Waals surface area contributed by atoms with Gasteiger partial charge in [-0.2, -0.15) is 0 Å². The van der Waals surface area contributed by atoms with Crippen LogP contribution in [0.3, 0.4) is 0 Å². The zero-order chi connectivity index (χ0) is 10.8. The van der Waals surface area contributed by atoms with Crippen LogP contribution in [0, 0.1) is 5.92 Å². The van der Waals surface area contributed by atoms with Crippen LogP contribution in [0.1, 0.15) is 22.5 Å². The number of halogens is 1. The molecule has 1 aliphatic rings. The Bertz CT molecular complexity index is 401. The minimum Gasteiger partial charge on any atom is -0.273 e. The summed E-state index contributed by atoms with van der Waals surface area (Å²) in [6.45, 7) is 0. The van der Waals surface area contributed by atoms with E-state index in [9.17, 15) is 9.59 Å². The second-order valence-corrected chi connectivity index (χ2v) is 5.04. The Kier molecular flexibility index (Phi) is 2.93. The van der Waals surface area contributed by atoms with Crippen LogP contribution in [0.15, 0.2) is 12.1 Å². The summed E-state index contributed by atoms with van der Waals surface area (Å²) in [5, 5.41) is 0. The van der Waals surface area contributed by atoms with Crippen LogP contribution in [0.25, 0.3) is 0 Å².